The van der Waals surface area contributed by atoms with E-state index in [2.05, 4.69) is 0 Å². The van der Waals surface area contributed by atoms with Gasteiger partial charge in [0.15, 0.2) is 0 Å². The van der Waals surface area contributed by atoms with Crippen LogP contribution in [0.25, 0.3) is 0 Å². The van der Waals surface area contributed by atoms with Gasteiger partial charge in [-0.3, -0.25) is 0 Å². The third-order valence-electron chi connectivity index (χ3n) is 1.44. The quantitative estimate of drug-likeness (QED) is 0.513. The van der Waals surface area contributed by atoms with Crippen LogP contribution in [0.2, 0.25) is 0 Å². The molecule has 0 aromatic carbocycles. The number of aliphatic hydroxyl groups is 1. The maximum absolute atomic E-state index is 8.79. The molecule has 3 N–H and O–H groups in total. The number of rotatable bonds is 2. The highest BCUT2D eigenvalue weighted by atomic mass is 32.1. The second-order valence-corrected chi connectivity index (χ2v) is 3.60. The van der Waals surface area contributed by atoms with Crippen LogP contribution in [0.15, 0.2) is 6.07 Å². The molecule has 3 nitrogen and oxygen atoms in total. The number of aliphatic hydroxyl groups excluding tert-OH is 1. The van der Waals surface area contributed by atoms with Crippen molar-refractivity contribution in [2.45, 2.75) is 13.5 Å². The molecule has 0 bridgehead atoms. The van der Waals surface area contributed by atoms with E-state index in [4.69, 9.17) is 15.2 Å². The van der Waals surface area contributed by atoms with Crippen LogP contribution in [-0.2, 0) is 6.61 Å². The van der Waals surface area contributed by atoms with E-state index in [9.17, 15) is 0 Å². The van der Waals surface area contributed by atoms with Gasteiger partial charge in [0.05, 0.1) is 6.61 Å². The summed E-state index contributed by atoms with van der Waals surface area (Å²) < 4.78 is 0. The standard InChI is InChI=1S/C6H9BO3S/c1-4-6(7(9)10)2-5(3-8)11-4/h2,8-10H,3H2,1H3. The highest BCUT2D eigenvalue weighted by Crippen LogP contribution is 2.12. The minimum atomic E-state index is -1.42. The molecule has 0 amide bonds. The van der Waals surface area contributed by atoms with Gasteiger partial charge >= 0.3 is 7.12 Å². The van der Waals surface area contributed by atoms with Gasteiger partial charge in [0.25, 0.3) is 0 Å². The molecule has 0 aliphatic heterocycles. The predicted molar refractivity (Wildman–Crippen MR) is 44.8 cm³/mol. The van der Waals surface area contributed by atoms with Crippen LogP contribution >= 0.6 is 11.3 Å². The summed E-state index contributed by atoms with van der Waals surface area (Å²) in [4.78, 5) is 1.59. The van der Waals surface area contributed by atoms with Gasteiger partial charge in [-0.25, -0.2) is 0 Å². The molecule has 1 rings (SSSR count). The Morgan fingerprint density at radius 3 is 2.45 bits per heavy atom. The van der Waals surface area contributed by atoms with Crippen molar-refractivity contribution in [2.24, 2.45) is 0 Å². The highest BCUT2D eigenvalue weighted by Gasteiger charge is 2.16. The summed E-state index contributed by atoms with van der Waals surface area (Å²) in [7, 11) is -1.42. The molecule has 0 saturated carbocycles. The average Bonchev–Trinajstić information content (AvgIpc) is 2.30. The van der Waals surface area contributed by atoms with Crippen LogP contribution in [0.3, 0.4) is 0 Å². The van der Waals surface area contributed by atoms with E-state index in [1.165, 1.54) is 11.3 Å². The van der Waals surface area contributed by atoms with E-state index in [-0.39, 0.29) is 6.61 Å². The van der Waals surface area contributed by atoms with E-state index < -0.39 is 7.12 Å². The molecule has 60 valence electrons. The first-order valence-electron chi connectivity index (χ1n) is 3.21. The van der Waals surface area contributed by atoms with Crippen molar-refractivity contribution in [3.63, 3.8) is 0 Å². The maximum atomic E-state index is 8.79. The molecular formula is C6H9BO3S. The summed E-state index contributed by atoms with van der Waals surface area (Å²) in [6, 6.07) is 1.60. The Bertz CT molecular complexity index is 246. The van der Waals surface area contributed by atoms with Crippen molar-refractivity contribution in [1.29, 1.82) is 0 Å². The Balaban J connectivity index is 2.97. The normalized spacial score (nSPS) is 10.2. The molecule has 0 radical (unpaired) electrons. The SMILES string of the molecule is Cc1sc(CO)cc1B(O)O. The zero-order valence-corrected chi connectivity index (χ0v) is 6.93. The summed E-state index contributed by atoms with van der Waals surface area (Å²) in [6.45, 7) is 1.75. The second kappa shape index (κ2) is 3.36. The van der Waals surface area contributed by atoms with E-state index in [0.29, 0.717) is 5.46 Å². The Morgan fingerprint density at radius 2 is 2.18 bits per heavy atom. The van der Waals surface area contributed by atoms with Gasteiger partial charge in [0, 0.05) is 9.75 Å². The average molecular weight is 172 g/mol. The molecule has 0 atom stereocenters. The second-order valence-electron chi connectivity index (χ2n) is 2.26. The molecule has 0 unspecified atom stereocenters. The molecule has 5 heteroatoms. The number of aryl methyl sites for hydroxylation is 1. The monoisotopic (exact) mass is 172 g/mol. The molecule has 0 fully saturated rings. The molecule has 0 saturated heterocycles. The molecule has 11 heavy (non-hydrogen) atoms. The Morgan fingerprint density at radius 1 is 1.55 bits per heavy atom. The zero-order chi connectivity index (χ0) is 8.43. The summed E-state index contributed by atoms with van der Waals surface area (Å²) in [5.41, 5.74) is 0.485. The fraction of sp³-hybridized carbons (Fsp3) is 0.333. The first-order valence-corrected chi connectivity index (χ1v) is 4.03. The van der Waals surface area contributed by atoms with Gasteiger partial charge in [0.2, 0.25) is 0 Å². The van der Waals surface area contributed by atoms with Crippen LogP contribution in [0.4, 0.5) is 0 Å². The van der Waals surface area contributed by atoms with Gasteiger partial charge in [-0.2, -0.15) is 0 Å². The van der Waals surface area contributed by atoms with Crippen molar-refractivity contribution in [3.8, 4) is 0 Å². The van der Waals surface area contributed by atoms with Gasteiger partial charge in [-0.1, -0.05) is 0 Å². The van der Waals surface area contributed by atoms with Crippen LogP contribution < -0.4 is 5.46 Å². The van der Waals surface area contributed by atoms with Crippen LogP contribution in [-0.4, -0.2) is 22.3 Å². The number of hydrogen-bond acceptors (Lipinski definition) is 4. The summed E-state index contributed by atoms with van der Waals surface area (Å²) in [5, 5.41) is 26.3. The first kappa shape index (κ1) is 8.74. The Labute approximate surface area is 69.1 Å². The molecular weight excluding hydrogens is 163 g/mol. The molecule has 1 heterocycles. The smallest absolute Gasteiger partial charge is 0.423 e. The van der Waals surface area contributed by atoms with Gasteiger partial charge < -0.3 is 15.2 Å². The fourth-order valence-corrected chi connectivity index (χ4v) is 1.82. The summed E-state index contributed by atoms with van der Waals surface area (Å²) >= 11 is 1.37. The van der Waals surface area contributed by atoms with Gasteiger partial charge in [-0.15, -0.1) is 11.3 Å². The molecule has 1 aromatic heterocycles. The van der Waals surface area contributed by atoms with Gasteiger partial charge in [-0.05, 0) is 18.5 Å². The lowest BCUT2D eigenvalue weighted by Crippen LogP contribution is -2.30. The van der Waals surface area contributed by atoms with Crippen molar-refractivity contribution in [3.05, 3.63) is 15.8 Å². The first-order chi connectivity index (χ1) is 5.15. The van der Waals surface area contributed by atoms with E-state index >= 15 is 0 Å². The van der Waals surface area contributed by atoms with Crippen molar-refractivity contribution in [1.82, 2.24) is 0 Å². The summed E-state index contributed by atoms with van der Waals surface area (Å²) in [5.74, 6) is 0. The fourth-order valence-electron chi connectivity index (χ4n) is 0.894. The van der Waals surface area contributed by atoms with E-state index in [1.807, 2.05) is 0 Å². The lowest BCUT2D eigenvalue weighted by Gasteiger charge is -1.93. The minimum absolute atomic E-state index is 0.0434. The van der Waals surface area contributed by atoms with Crippen LogP contribution in [0, 0.1) is 6.92 Å². The van der Waals surface area contributed by atoms with E-state index in [0.717, 1.165) is 9.75 Å². The van der Waals surface area contributed by atoms with Gasteiger partial charge in [0.1, 0.15) is 0 Å². The molecule has 0 aliphatic carbocycles. The lowest BCUT2D eigenvalue weighted by atomic mass is 9.80. The highest BCUT2D eigenvalue weighted by molar-refractivity contribution is 7.13. The third kappa shape index (κ3) is 1.81. The molecule has 0 aliphatic rings. The minimum Gasteiger partial charge on any atom is -0.423 e. The van der Waals surface area contributed by atoms with Crippen LogP contribution in [0.5, 0.6) is 0 Å². The van der Waals surface area contributed by atoms with Crippen molar-refractivity contribution >= 4 is 23.9 Å². The van der Waals surface area contributed by atoms with Crippen molar-refractivity contribution in [2.75, 3.05) is 0 Å². The third-order valence-corrected chi connectivity index (χ3v) is 2.49. The molecule has 0 spiro atoms. The van der Waals surface area contributed by atoms with Crippen molar-refractivity contribution < 1.29 is 15.2 Å². The largest absolute Gasteiger partial charge is 0.489 e. The maximum Gasteiger partial charge on any atom is 0.489 e. The van der Waals surface area contributed by atoms with E-state index in [1.54, 1.807) is 13.0 Å². The lowest BCUT2D eigenvalue weighted by molar-refractivity contribution is 0.285. The van der Waals surface area contributed by atoms with Crippen LogP contribution in [0.1, 0.15) is 9.75 Å². The summed E-state index contributed by atoms with van der Waals surface area (Å²) in [6.07, 6.45) is 0. The predicted octanol–water partition coefficient (Wildman–Crippen LogP) is -0.771. The number of thiophene rings is 1. The molecule has 1 aromatic rings. The Kier molecular flexibility index (Phi) is 2.67. The zero-order valence-electron chi connectivity index (χ0n) is 6.11. The Hall–Kier alpha value is -0.355. The topological polar surface area (TPSA) is 60.7 Å². The number of hydrogen-bond donors (Lipinski definition) is 3.